The highest BCUT2D eigenvalue weighted by atomic mass is 19.4. The van der Waals surface area contributed by atoms with Crippen molar-refractivity contribution in [2.75, 3.05) is 0 Å². The van der Waals surface area contributed by atoms with Gasteiger partial charge in [-0.1, -0.05) is 12.1 Å². The van der Waals surface area contributed by atoms with Crippen LogP contribution >= 0.6 is 0 Å². The minimum absolute atomic E-state index is 0.0582. The Balaban J connectivity index is 1.88. The van der Waals surface area contributed by atoms with Crippen molar-refractivity contribution in [3.63, 3.8) is 0 Å². The molecule has 0 amide bonds. The summed E-state index contributed by atoms with van der Waals surface area (Å²) in [6.07, 6.45) is -9.33. The Morgan fingerprint density at radius 3 is 1.68 bits per heavy atom. The number of benzene rings is 3. The molecule has 3 aromatic carbocycles. The average Bonchev–Trinajstić information content (AvgIpc) is 3.15. The lowest BCUT2D eigenvalue weighted by molar-refractivity contribution is -0.138. The van der Waals surface area contributed by atoms with Gasteiger partial charge in [0.1, 0.15) is 11.6 Å². The van der Waals surface area contributed by atoms with E-state index in [0.29, 0.717) is 22.4 Å². The van der Waals surface area contributed by atoms with Crippen molar-refractivity contribution in [2.45, 2.75) is 26.2 Å². The molecule has 0 radical (unpaired) electrons. The SMILES string of the molecule is Cc1nc(C)nc(-c2cc(-n3c4cc(C(F)(F)F)ccc4c4ccc(C(F)(F)F)cc43)ccc2C#N)n1. The molecule has 0 spiro atoms. The van der Waals surface area contributed by atoms with Gasteiger partial charge >= 0.3 is 12.4 Å². The third-order valence-corrected chi connectivity index (χ3v) is 5.90. The molecule has 2 aromatic heterocycles. The van der Waals surface area contributed by atoms with Gasteiger partial charge in [0.05, 0.1) is 33.8 Å². The van der Waals surface area contributed by atoms with Gasteiger partial charge in [0, 0.05) is 22.0 Å². The zero-order chi connectivity index (χ0) is 26.7. The van der Waals surface area contributed by atoms with Crippen molar-refractivity contribution < 1.29 is 26.3 Å². The fourth-order valence-electron chi connectivity index (χ4n) is 4.34. The monoisotopic (exact) mass is 511 g/mol. The largest absolute Gasteiger partial charge is 0.416 e. The molecule has 0 saturated heterocycles. The molecule has 5 nitrogen and oxygen atoms in total. The predicted molar refractivity (Wildman–Crippen MR) is 124 cm³/mol. The van der Waals surface area contributed by atoms with Crippen LogP contribution < -0.4 is 0 Å². The molecule has 0 fully saturated rings. The standard InChI is InChI=1S/C26H15F6N5/c1-13-34-14(2)36-24(35-13)21-11-18(6-3-15(21)12-33)37-22-9-16(25(27,28)29)4-7-19(22)20-8-5-17(10-23(20)37)26(30,31)32/h3-11H,1-2H3. The van der Waals surface area contributed by atoms with E-state index >= 15 is 0 Å². The second-order valence-corrected chi connectivity index (χ2v) is 8.39. The predicted octanol–water partition coefficient (Wildman–Crippen LogP) is 7.16. The van der Waals surface area contributed by atoms with Crippen LogP contribution in [0.25, 0.3) is 38.9 Å². The maximum absolute atomic E-state index is 13.6. The van der Waals surface area contributed by atoms with E-state index < -0.39 is 23.5 Å². The molecular formula is C26H15F6N5. The van der Waals surface area contributed by atoms with Gasteiger partial charge in [-0.15, -0.1) is 0 Å². The molecule has 2 heterocycles. The van der Waals surface area contributed by atoms with Gasteiger partial charge in [0.25, 0.3) is 0 Å². The summed E-state index contributed by atoms with van der Waals surface area (Å²) in [6.45, 7) is 3.27. The van der Waals surface area contributed by atoms with Crippen molar-refractivity contribution in [3.05, 3.63) is 82.9 Å². The number of aromatic nitrogens is 4. The maximum atomic E-state index is 13.6. The summed E-state index contributed by atoms with van der Waals surface area (Å²) in [7, 11) is 0. The minimum Gasteiger partial charge on any atom is -0.309 e. The molecule has 186 valence electrons. The van der Waals surface area contributed by atoms with Crippen LogP contribution in [0.1, 0.15) is 28.3 Å². The molecule has 5 aromatic rings. The molecule has 5 rings (SSSR count). The summed E-state index contributed by atoms with van der Waals surface area (Å²) in [4.78, 5) is 12.7. The van der Waals surface area contributed by atoms with Crippen LogP contribution in [0.5, 0.6) is 0 Å². The smallest absolute Gasteiger partial charge is 0.309 e. The quantitative estimate of drug-likeness (QED) is 0.236. The third kappa shape index (κ3) is 4.24. The van der Waals surface area contributed by atoms with Gasteiger partial charge in [0.2, 0.25) is 0 Å². The van der Waals surface area contributed by atoms with E-state index in [9.17, 15) is 31.6 Å². The lowest BCUT2D eigenvalue weighted by Crippen LogP contribution is -2.06. The summed E-state index contributed by atoms with van der Waals surface area (Å²) in [5.41, 5.74) is -1.09. The highest BCUT2D eigenvalue weighted by Crippen LogP contribution is 2.40. The molecule has 0 unspecified atom stereocenters. The van der Waals surface area contributed by atoms with Crippen molar-refractivity contribution in [1.82, 2.24) is 19.5 Å². The Kier molecular flexibility index (Phi) is 5.44. The number of hydrogen-bond donors (Lipinski definition) is 0. The zero-order valence-corrected chi connectivity index (χ0v) is 19.2. The summed E-state index contributed by atoms with van der Waals surface area (Å²) in [6, 6.07) is 12.5. The Bertz CT molecular complexity index is 1650. The molecule has 0 N–H and O–H groups in total. The van der Waals surface area contributed by atoms with E-state index in [1.54, 1.807) is 13.8 Å². The fourth-order valence-corrected chi connectivity index (χ4v) is 4.34. The number of fused-ring (bicyclic) bond motifs is 3. The number of alkyl halides is 6. The van der Waals surface area contributed by atoms with Gasteiger partial charge in [-0.25, -0.2) is 15.0 Å². The number of nitriles is 1. The van der Waals surface area contributed by atoms with Crippen molar-refractivity contribution in [3.8, 4) is 23.1 Å². The molecule has 0 bridgehead atoms. The molecule has 0 atom stereocenters. The first-order valence-corrected chi connectivity index (χ1v) is 10.8. The average molecular weight is 511 g/mol. The minimum atomic E-state index is -4.66. The molecular weight excluding hydrogens is 496 g/mol. The second kappa shape index (κ2) is 8.30. The van der Waals surface area contributed by atoms with Gasteiger partial charge < -0.3 is 4.57 Å². The number of rotatable bonds is 2. The third-order valence-electron chi connectivity index (χ3n) is 5.90. The number of halogens is 6. The summed E-state index contributed by atoms with van der Waals surface area (Å²) in [5, 5.41) is 10.3. The molecule has 11 heteroatoms. The highest BCUT2D eigenvalue weighted by molar-refractivity contribution is 6.09. The van der Waals surface area contributed by atoms with Crippen molar-refractivity contribution in [2.24, 2.45) is 0 Å². The first kappa shape index (κ1) is 24.2. The van der Waals surface area contributed by atoms with E-state index in [0.717, 1.165) is 24.3 Å². The van der Waals surface area contributed by atoms with E-state index in [-0.39, 0.29) is 33.7 Å². The summed E-state index contributed by atoms with van der Waals surface area (Å²) in [5.74, 6) is 0.938. The van der Waals surface area contributed by atoms with Crippen LogP contribution in [0.15, 0.2) is 54.6 Å². The van der Waals surface area contributed by atoms with E-state index in [4.69, 9.17) is 0 Å². The van der Waals surface area contributed by atoms with Gasteiger partial charge in [-0.2, -0.15) is 31.6 Å². The Labute approximate surface area is 205 Å². The number of aryl methyl sites for hydroxylation is 2. The van der Waals surface area contributed by atoms with E-state index in [1.807, 2.05) is 6.07 Å². The lowest BCUT2D eigenvalue weighted by Gasteiger charge is -2.13. The first-order chi connectivity index (χ1) is 17.4. The van der Waals surface area contributed by atoms with Crippen LogP contribution in [-0.4, -0.2) is 19.5 Å². The van der Waals surface area contributed by atoms with E-state index in [1.165, 1.54) is 34.9 Å². The Morgan fingerprint density at radius 2 is 1.22 bits per heavy atom. The topological polar surface area (TPSA) is 67.4 Å². The van der Waals surface area contributed by atoms with Crippen LogP contribution in [0.4, 0.5) is 26.3 Å². The number of hydrogen-bond acceptors (Lipinski definition) is 4. The maximum Gasteiger partial charge on any atom is 0.416 e. The Morgan fingerprint density at radius 1 is 0.703 bits per heavy atom. The molecule has 0 saturated carbocycles. The van der Waals surface area contributed by atoms with Gasteiger partial charge in [-0.3, -0.25) is 0 Å². The number of nitrogens with zero attached hydrogens (tertiary/aromatic N) is 5. The van der Waals surface area contributed by atoms with Gasteiger partial charge in [-0.05, 0) is 56.3 Å². The molecule has 37 heavy (non-hydrogen) atoms. The van der Waals surface area contributed by atoms with Crippen LogP contribution in [0.2, 0.25) is 0 Å². The van der Waals surface area contributed by atoms with Crippen molar-refractivity contribution >= 4 is 21.8 Å². The molecule has 0 aliphatic rings. The summed E-state index contributed by atoms with van der Waals surface area (Å²) >= 11 is 0. The highest BCUT2D eigenvalue weighted by Gasteiger charge is 2.33. The van der Waals surface area contributed by atoms with Gasteiger partial charge in [0.15, 0.2) is 5.82 Å². The van der Waals surface area contributed by atoms with Crippen molar-refractivity contribution in [1.29, 1.82) is 5.26 Å². The molecule has 0 aliphatic carbocycles. The fraction of sp³-hybridized carbons (Fsp3) is 0.154. The lowest BCUT2D eigenvalue weighted by atomic mass is 10.1. The van der Waals surface area contributed by atoms with Crippen LogP contribution in [0.3, 0.4) is 0 Å². The summed E-state index contributed by atoms with van der Waals surface area (Å²) < 4.78 is 82.7. The first-order valence-electron chi connectivity index (χ1n) is 10.8. The Hall–Kier alpha value is -4.46. The van der Waals surface area contributed by atoms with E-state index in [2.05, 4.69) is 15.0 Å². The molecule has 0 aliphatic heterocycles. The zero-order valence-electron chi connectivity index (χ0n) is 19.2. The second-order valence-electron chi connectivity index (χ2n) is 8.39. The normalized spacial score (nSPS) is 12.3. The van der Waals surface area contributed by atoms with Crippen LogP contribution in [-0.2, 0) is 12.4 Å². The van der Waals surface area contributed by atoms with Crippen LogP contribution in [0, 0.1) is 25.2 Å².